The van der Waals surface area contributed by atoms with Gasteiger partial charge in [-0.15, -0.1) is 0 Å². The van der Waals surface area contributed by atoms with E-state index in [0.717, 1.165) is 28.8 Å². The monoisotopic (exact) mass is 539 g/mol. The Morgan fingerprint density at radius 2 is 1.88 bits per heavy atom. The number of hydrogen-bond acceptors (Lipinski definition) is 6. The van der Waals surface area contributed by atoms with Crippen molar-refractivity contribution in [2.45, 2.75) is 77.0 Å². The van der Waals surface area contributed by atoms with Crippen LogP contribution in [-0.2, 0) is 22.4 Å². The van der Waals surface area contributed by atoms with Crippen molar-refractivity contribution in [3.8, 4) is 17.2 Å². The molecule has 9 heteroatoms. The molecule has 1 saturated carbocycles. The molecule has 1 unspecified atom stereocenters. The minimum atomic E-state index is -0.970. The average molecular weight is 540 g/mol. The minimum Gasteiger partial charge on any atom is -0.479 e. The van der Waals surface area contributed by atoms with Crippen LogP contribution in [0.5, 0.6) is 0 Å². The third-order valence-corrected chi connectivity index (χ3v) is 7.76. The average Bonchev–Trinajstić information content (AvgIpc) is 3.45. The zero-order valence-corrected chi connectivity index (χ0v) is 22.8. The summed E-state index contributed by atoms with van der Waals surface area (Å²) in [5.41, 5.74) is 4.99. The molecule has 1 aliphatic carbocycles. The molecule has 2 heterocycles. The van der Waals surface area contributed by atoms with Gasteiger partial charge in [0.1, 0.15) is 6.33 Å². The molecule has 4 aromatic rings. The highest BCUT2D eigenvalue weighted by Gasteiger charge is 2.29. The summed E-state index contributed by atoms with van der Waals surface area (Å²) in [6.45, 7) is 3.63. The lowest BCUT2D eigenvalue weighted by molar-refractivity contribution is -0.154. The predicted molar refractivity (Wildman–Crippen MR) is 150 cm³/mol. The lowest BCUT2D eigenvalue weighted by atomic mass is 9.92. The van der Waals surface area contributed by atoms with Gasteiger partial charge in [0, 0.05) is 18.0 Å². The number of fused-ring (bicyclic) bond motifs is 1. The molecule has 1 aliphatic rings. The molecule has 40 heavy (non-hydrogen) atoms. The van der Waals surface area contributed by atoms with Crippen LogP contribution >= 0.6 is 0 Å². The number of benzene rings is 2. The van der Waals surface area contributed by atoms with Crippen molar-refractivity contribution in [3.63, 3.8) is 0 Å². The second-order valence-corrected chi connectivity index (χ2v) is 10.4. The Morgan fingerprint density at radius 3 is 2.55 bits per heavy atom. The Balaban J connectivity index is 1.47. The number of ether oxygens (including phenoxy) is 1. The molecule has 0 aliphatic heterocycles. The number of rotatable bonds is 9. The first-order valence-electron chi connectivity index (χ1n) is 13.8. The summed E-state index contributed by atoms with van der Waals surface area (Å²) in [5.74, 6) is -0.425. The minimum absolute atomic E-state index is 0.0499. The van der Waals surface area contributed by atoms with Gasteiger partial charge >= 0.3 is 5.97 Å². The largest absolute Gasteiger partial charge is 0.479 e. The number of nitriles is 1. The molecule has 2 aromatic carbocycles. The van der Waals surface area contributed by atoms with Crippen molar-refractivity contribution in [2.75, 3.05) is 0 Å². The molecular formula is C31H33N5O4. The van der Waals surface area contributed by atoms with Crippen LogP contribution in [0, 0.1) is 11.3 Å². The van der Waals surface area contributed by atoms with Gasteiger partial charge in [0.25, 0.3) is 5.56 Å². The third-order valence-electron chi connectivity index (χ3n) is 7.76. The molecule has 0 spiro atoms. The summed E-state index contributed by atoms with van der Waals surface area (Å²) < 4.78 is 9.31. The molecule has 206 valence electrons. The highest BCUT2D eigenvalue weighted by atomic mass is 16.5. The van der Waals surface area contributed by atoms with E-state index < -0.39 is 12.1 Å². The zero-order chi connectivity index (χ0) is 28.2. The van der Waals surface area contributed by atoms with Gasteiger partial charge in [-0.05, 0) is 61.8 Å². The number of nitrogens with zero attached hydrogens (tertiary/aromatic N) is 5. The van der Waals surface area contributed by atoms with Crippen LogP contribution < -0.4 is 5.56 Å². The first kappa shape index (κ1) is 27.3. The summed E-state index contributed by atoms with van der Waals surface area (Å²) >= 11 is 0. The first-order chi connectivity index (χ1) is 19.4. The molecule has 1 atom stereocenters. The molecule has 9 nitrogen and oxygen atoms in total. The Labute approximate surface area is 232 Å². The Kier molecular flexibility index (Phi) is 8.08. The molecule has 1 N–H and O–H groups in total. The number of carboxylic acid groups (broad SMARTS) is 1. The van der Waals surface area contributed by atoms with Crippen LogP contribution in [0.15, 0.2) is 59.7 Å². The Morgan fingerprint density at radius 1 is 1.15 bits per heavy atom. The molecule has 5 rings (SSSR count). The van der Waals surface area contributed by atoms with Gasteiger partial charge in [0.05, 0.1) is 23.4 Å². The van der Waals surface area contributed by atoms with Crippen LogP contribution in [0.1, 0.15) is 74.4 Å². The molecule has 2 aromatic heterocycles. The normalized spacial score (nSPS) is 17.9. The van der Waals surface area contributed by atoms with Gasteiger partial charge in [0.15, 0.2) is 6.10 Å². The summed E-state index contributed by atoms with van der Waals surface area (Å²) in [6.07, 6.45) is 5.25. The maximum atomic E-state index is 14.1. The standard InChI is InChI=1S/C31H33N5O4/c1-3-6-28-27(17-21-9-11-22(12-10-21)26-8-5-4-7-23(26)18-32)29(37)35(31-33-19-34-36(28)31)24-13-15-25(16-14-24)40-20(2)30(38)39/h4-5,7-12,19-20,24-25H,3,6,13-17H2,1-2H3,(H,38,39). The fraction of sp³-hybridized carbons (Fsp3) is 0.387. The number of hydrogen-bond donors (Lipinski definition) is 1. The first-order valence-corrected chi connectivity index (χ1v) is 13.8. The molecular weight excluding hydrogens is 506 g/mol. The maximum Gasteiger partial charge on any atom is 0.332 e. The molecule has 0 radical (unpaired) electrons. The fourth-order valence-corrected chi connectivity index (χ4v) is 5.70. The van der Waals surface area contributed by atoms with E-state index >= 15 is 0 Å². The number of carbonyl (C=O) groups is 1. The predicted octanol–water partition coefficient (Wildman–Crippen LogP) is 4.95. The van der Waals surface area contributed by atoms with Crippen LogP contribution in [-0.4, -0.2) is 42.4 Å². The van der Waals surface area contributed by atoms with Crippen molar-refractivity contribution in [1.29, 1.82) is 5.26 Å². The highest BCUT2D eigenvalue weighted by Crippen LogP contribution is 2.31. The van der Waals surface area contributed by atoms with E-state index in [9.17, 15) is 20.0 Å². The van der Waals surface area contributed by atoms with Crippen LogP contribution in [0.4, 0.5) is 0 Å². The smallest absolute Gasteiger partial charge is 0.332 e. The van der Waals surface area contributed by atoms with Gasteiger partial charge in [-0.3, -0.25) is 9.36 Å². The van der Waals surface area contributed by atoms with Crippen LogP contribution in [0.2, 0.25) is 0 Å². The van der Waals surface area contributed by atoms with E-state index in [4.69, 9.17) is 4.74 Å². The van der Waals surface area contributed by atoms with Crippen molar-refractivity contribution in [3.05, 3.63) is 87.6 Å². The summed E-state index contributed by atoms with van der Waals surface area (Å²) in [6, 6.07) is 17.7. The van der Waals surface area contributed by atoms with E-state index in [1.807, 2.05) is 53.0 Å². The van der Waals surface area contributed by atoms with Crippen LogP contribution in [0.3, 0.4) is 0 Å². The topological polar surface area (TPSA) is 123 Å². The lowest BCUT2D eigenvalue weighted by Crippen LogP contribution is -2.36. The van der Waals surface area contributed by atoms with Gasteiger partial charge in [0.2, 0.25) is 5.78 Å². The Hall–Kier alpha value is -4.29. The van der Waals surface area contributed by atoms with Gasteiger partial charge in [-0.1, -0.05) is 55.8 Å². The fourth-order valence-electron chi connectivity index (χ4n) is 5.70. The van der Waals surface area contributed by atoms with Gasteiger partial charge in [-0.25, -0.2) is 9.31 Å². The summed E-state index contributed by atoms with van der Waals surface area (Å²) in [7, 11) is 0. The van der Waals surface area contributed by atoms with E-state index in [-0.39, 0.29) is 17.7 Å². The van der Waals surface area contributed by atoms with E-state index in [2.05, 4.69) is 23.1 Å². The van der Waals surface area contributed by atoms with Crippen LogP contribution in [0.25, 0.3) is 16.9 Å². The number of aromatic nitrogens is 4. The quantitative estimate of drug-likeness (QED) is 0.319. The highest BCUT2D eigenvalue weighted by molar-refractivity contribution is 5.71. The SMILES string of the molecule is CCCc1c(Cc2ccc(-c3ccccc3C#N)cc2)c(=O)n(C2CCC(OC(C)C(=O)O)CC2)c2ncnn12. The second kappa shape index (κ2) is 11.8. The van der Waals surface area contributed by atoms with Crippen molar-refractivity contribution in [2.24, 2.45) is 0 Å². The number of carboxylic acids is 1. The lowest BCUT2D eigenvalue weighted by Gasteiger charge is -2.31. The van der Waals surface area contributed by atoms with E-state index in [1.165, 1.54) is 6.33 Å². The zero-order valence-electron chi connectivity index (χ0n) is 22.8. The number of aryl methyl sites for hydroxylation is 1. The van der Waals surface area contributed by atoms with E-state index in [0.29, 0.717) is 55.4 Å². The van der Waals surface area contributed by atoms with Crippen molar-refractivity contribution >= 4 is 11.7 Å². The Bertz CT molecular complexity index is 1610. The summed E-state index contributed by atoms with van der Waals surface area (Å²) in [4.78, 5) is 29.8. The van der Waals surface area contributed by atoms with Crippen molar-refractivity contribution in [1.82, 2.24) is 19.2 Å². The summed E-state index contributed by atoms with van der Waals surface area (Å²) in [5, 5.41) is 23.2. The molecule has 0 saturated heterocycles. The second-order valence-electron chi connectivity index (χ2n) is 10.4. The van der Waals surface area contributed by atoms with E-state index in [1.54, 1.807) is 11.5 Å². The molecule has 0 amide bonds. The molecule has 1 fully saturated rings. The maximum absolute atomic E-state index is 14.1. The molecule has 0 bridgehead atoms. The van der Waals surface area contributed by atoms with Gasteiger partial charge < -0.3 is 9.84 Å². The van der Waals surface area contributed by atoms with Crippen molar-refractivity contribution < 1.29 is 14.6 Å². The van der Waals surface area contributed by atoms with Gasteiger partial charge in [-0.2, -0.15) is 15.3 Å². The third kappa shape index (κ3) is 5.40. The number of aliphatic carboxylic acids is 1.